The summed E-state index contributed by atoms with van der Waals surface area (Å²) in [6.45, 7) is 0. The average Bonchev–Trinajstić information content (AvgIpc) is 2.07. The van der Waals surface area contributed by atoms with Crippen molar-refractivity contribution in [1.82, 2.24) is 0 Å². The van der Waals surface area contributed by atoms with Crippen LogP contribution in [0.5, 0.6) is 0 Å². The van der Waals surface area contributed by atoms with Gasteiger partial charge in [-0.05, 0) is 0 Å². The Morgan fingerprint density at radius 2 is 1.20 bits per heavy atom. The fourth-order valence-corrected chi connectivity index (χ4v) is 0.321. The van der Waals surface area contributed by atoms with Crippen molar-refractivity contribution in [2.75, 3.05) is 0 Å². The molecule has 0 fully saturated rings. The summed E-state index contributed by atoms with van der Waals surface area (Å²) < 4.78 is 0. The van der Waals surface area contributed by atoms with Crippen molar-refractivity contribution in [3.8, 4) is 0 Å². The van der Waals surface area contributed by atoms with Crippen LogP contribution in [0, 0.1) is 0 Å². The molecule has 0 aliphatic rings. The second-order valence-corrected chi connectivity index (χ2v) is 26.7. The van der Waals surface area contributed by atoms with Gasteiger partial charge in [-0.25, -0.2) is 12.1 Å². The molecule has 0 saturated heterocycles. The molecule has 0 aliphatic heterocycles. The normalized spacial score (nSPS) is 11.6. The Morgan fingerprint density at radius 1 is 0.900 bits per heavy atom. The second kappa shape index (κ2) is 5.80. The van der Waals surface area contributed by atoms with Crippen molar-refractivity contribution in [2.45, 2.75) is 0 Å². The summed E-state index contributed by atoms with van der Waals surface area (Å²) in [6.07, 6.45) is 0. The van der Waals surface area contributed by atoms with E-state index in [9.17, 15) is 0 Å². The zero-order valence-electron chi connectivity index (χ0n) is 4.81. The molecule has 0 aromatic heterocycles. The Morgan fingerprint density at radius 3 is 1.30 bits per heavy atom. The smallest absolute Gasteiger partial charge is 0.172 e. The van der Waals surface area contributed by atoms with Gasteiger partial charge in [0.2, 0.25) is 0 Å². The number of hydrogen-bond acceptors (Lipinski definition) is 0. The summed E-state index contributed by atoms with van der Waals surface area (Å²) in [7, 11) is 20.1. The molecule has 0 heterocycles. The van der Waals surface area contributed by atoms with Gasteiger partial charge in [0.1, 0.15) is 0 Å². The van der Waals surface area contributed by atoms with Crippen LogP contribution < -0.4 is 0 Å². The summed E-state index contributed by atoms with van der Waals surface area (Å²) in [6, 6.07) is 10.0. The molecule has 1 rings (SSSR count). The molecule has 0 unspecified atom stereocenters. The Bertz CT molecular complexity index is 120. The third-order valence-corrected chi connectivity index (χ3v) is 0.556. The molecule has 0 nitrogen and oxygen atoms in total. The van der Waals surface area contributed by atoms with Crippen LogP contribution in [0.3, 0.4) is 0 Å². The average molecular weight is 391 g/mol. The van der Waals surface area contributed by atoms with Crippen LogP contribution in [0.15, 0.2) is 30.3 Å². The topological polar surface area (TPSA) is 0 Å². The standard InChI is InChI=1S/C5H5.4ClH.W/c1-2-4-5-3-1;;;;;/h1-5H;4*1H;/q-1;;;;;+4/p-4. The van der Waals surface area contributed by atoms with Crippen molar-refractivity contribution < 1.29 is 11.9 Å². The van der Waals surface area contributed by atoms with Gasteiger partial charge in [0.25, 0.3) is 0 Å². The molecule has 1 aromatic carbocycles. The molecular formula is C5H5Cl4W-. The summed E-state index contributed by atoms with van der Waals surface area (Å²) in [5, 5.41) is 0. The third kappa shape index (κ3) is 16.1. The minimum atomic E-state index is -3.28. The fourth-order valence-electron chi connectivity index (χ4n) is 0.321. The molecule has 10 heavy (non-hydrogen) atoms. The van der Waals surface area contributed by atoms with Crippen molar-refractivity contribution in [2.24, 2.45) is 0 Å². The quantitative estimate of drug-likeness (QED) is 0.584. The van der Waals surface area contributed by atoms with Crippen molar-refractivity contribution in [1.29, 1.82) is 0 Å². The molecule has 0 saturated carbocycles. The summed E-state index contributed by atoms with van der Waals surface area (Å²) in [5.41, 5.74) is 0. The minimum Gasteiger partial charge on any atom is -0.214 e. The van der Waals surface area contributed by atoms with Crippen LogP contribution in [-0.2, 0) is 11.9 Å². The maximum atomic E-state index is 5.03. The van der Waals surface area contributed by atoms with E-state index < -0.39 is 11.9 Å². The van der Waals surface area contributed by atoms with Gasteiger partial charge in [0, 0.05) is 0 Å². The van der Waals surface area contributed by atoms with Crippen LogP contribution in [0.2, 0.25) is 0 Å². The molecule has 60 valence electrons. The molecule has 0 atom stereocenters. The van der Waals surface area contributed by atoms with Gasteiger partial charge in [-0.1, -0.05) is 0 Å². The van der Waals surface area contributed by atoms with Crippen LogP contribution in [0.4, 0.5) is 0 Å². The van der Waals surface area contributed by atoms with Crippen LogP contribution >= 0.6 is 37.7 Å². The van der Waals surface area contributed by atoms with Crippen molar-refractivity contribution in [3.63, 3.8) is 0 Å². The second-order valence-electron chi connectivity index (χ2n) is 1.31. The predicted molar refractivity (Wildman–Crippen MR) is 45.4 cm³/mol. The first-order chi connectivity index (χ1) is 4.50. The molecule has 0 bridgehead atoms. The predicted octanol–water partition coefficient (Wildman–Crippen LogP) is 4.16. The zero-order valence-corrected chi connectivity index (χ0v) is 10.8. The first-order valence-electron chi connectivity index (χ1n) is 2.28. The van der Waals surface area contributed by atoms with E-state index in [0.29, 0.717) is 0 Å². The van der Waals surface area contributed by atoms with E-state index in [1.54, 1.807) is 0 Å². The van der Waals surface area contributed by atoms with Gasteiger partial charge in [-0.2, -0.15) is 18.2 Å². The van der Waals surface area contributed by atoms with Gasteiger partial charge >= 0.3 is 49.6 Å². The SMILES string of the molecule is [Cl][W]([Cl])([Cl])[Cl].c1cc[cH-]c1. The van der Waals surface area contributed by atoms with Crippen molar-refractivity contribution in [3.05, 3.63) is 30.3 Å². The van der Waals surface area contributed by atoms with Crippen LogP contribution in [-0.4, -0.2) is 0 Å². The minimum absolute atomic E-state index is 2.00. The number of halogens is 4. The summed E-state index contributed by atoms with van der Waals surface area (Å²) in [5.74, 6) is 0. The van der Waals surface area contributed by atoms with Gasteiger partial charge in [0.05, 0.1) is 0 Å². The van der Waals surface area contributed by atoms with Crippen LogP contribution in [0.1, 0.15) is 0 Å². The molecule has 0 N–H and O–H groups in total. The Balaban J connectivity index is 0.000000162. The number of hydrogen-bond donors (Lipinski definition) is 0. The Hall–Kier alpha value is 1.20. The molecule has 1 aromatic rings. The van der Waals surface area contributed by atoms with Gasteiger partial charge in [-0.3, -0.25) is 0 Å². The number of rotatable bonds is 0. The summed E-state index contributed by atoms with van der Waals surface area (Å²) in [4.78, 5) is 0. The van der Waals surface area contributed by atoms with Crippen LogP contribution in [0.25, 0.3) is 0 Å². The van der Waals surface area contributed by atoms with E-state index in [4.69, 9.17) is 37.7 Å². The molecule has 5 heteroatoms. The van der Waals surface area contributed by atoms with Gasteiger partial charge in [-0.15, -0.1) is 0 Å². The van der Waals surface area contributed by atoms with Gasteiger partial charge < -0.3 is 0 Å². The maximum absolute atomic E-state index is 5.03. The zero-order chi connectivity index (χ0) is 8.04. The molecule has 0 aliphatic carbocycles. The van der Waals surface area contributed by atoms with E-state index in [-0.39, 0.29) is 0 Å². The van der Waals surface area contributed by atoms with Crippen molar-refractivity contribution >= 4 is 37.7 Å². The fraction of sp³-hybridized carbons (Fsp3) is 0. The molecule has 0 spiro atoms. The summed E-state index contributed by atoms with van der Waals surface area (Å²) >= 11 is -3.28. The molecule has 0 radical (unpaired) electrons. The maximum Gasteiger partial charge on any atom is -0.172 e. The van der Waals surface area contributed by atoms with E-state index in [0.717, 1.165) is 0 Å². The largest absolute Gasteiger partial charge is 0.214 e. The Labute approximate surface area is 79.3 Å². The first-order valence-corrected chi connectivity index (χ1v) is 16.8. The third-order valence-electron chi connectivity index (χ3n) is 0.556. The van der Waals surface area contributed by atoms with E-state index in [1.165, 1.54) is 0 Å². The van der Waals surface area contributed by atoms with E-state index in [2.05, 4.69) is 0 Å². The molecular weight excluding hydrogens is 386 g/mol. The first kappa shape index (κ1) is 11.2. The Kier molecular flexibility index (Phi) is 6.49. The molecule has 0 amide bonds. The van der Waals surface area contributed by atoms with E-state index >= 15 is 0 Å². The monoisotopic (exact) mass is 389 g/mol. The van der Waals surface area contributed by atoms with E-state index in [1.807, 2.05) is 30.3 Å². The van der Waals surface area contributed by atoms with Gasteiger partial charge in [0.15, 0.2) is 0 Å².